The second kappa shape index (κ2) is 6.08. The Morgan fingerprint density at radius 3 is 1.40 bits per heavy atom. The second-order valence-corrected chi connectivity index (χ2v) is 6.63. The normalized spacial score (nSPS) is 6.20. The third-order valence-electron chi connectivity index (χ3n) is 0. The van der Waals surface area contributed by atoms with Crippen LogP contribution in [0.25, 0.3) is 0 Å². The van der Waals surface area contributed by atoms with Crippen LogP contribution in [0.2, 0.25) is 0 Å². The van der Waals surface area contributed by atoms with E-state index in [4.69, 9.17) is 0 Å². The van der Waals surface area contributed by atoms with Gasteiger partial charge in [0.05, 0.1) is 0 Å². The summed E-state index contributed by atoms with van der Waals surface area (Å²) in [4.78, 5) is 0. The molecule has 0 atom stereocenters. The van der Waals surface area contributed by atoms with Crippen LogP contribution in [0.1, 0.15) is 0 Å². The van der Waals surface area contributed by atoms with E-state index >= 15 is 0 Å². The maximum atomic E-state index is 4.39. The Kier molecular flexibility index (Phi) is 12.3. The fourth-order valence-corrected chi connectivity index (χ4v) is 0. The van der Waals surface area contributed by atoms with Crippen molar-refractivity contribution >= 4 is 25.4 Å². The van der Waals surface area contributed by atoms with E-state index in [-0.39, 0.29) is 16.8 Å². The summed E-state index contributed by atoms with van der Waals surface area (Å²) < 4.78 is 0. The van der Waals surface area contributed by atoms with E-state index in [1.165, 1.54) is 0 Å². The summed E-state index contributed by atoms with van der Waals surface area (Å²) in [5, 5.41) is 0. The Balaban J connectivity index is 0. The van der Waals surface area contributed by atoms with Crippen LogP contribution < -0.4 is 0 Å². The van der Waals surface area contributed by atoms with E-state index in [1.54, 1.807) is 0 Å². The molecule has 0 rings (SSSR count). The summed E-state index contributed by atoms with van der Waals surface area (Å²) >= 11 is 0. The first-order valence-corrected chi connectivity index (χ1v) is 5.10. The van der Waals surface area contributed by atoms with Gasteiger partial charge in [-0.15, -0.1) is 0 Å². The SMILES string of the molecule is [Co].[P]#[Ni](#[P])=[S]. The Bertz CT molecular complexity index is 192. The first-order chi connectivity index (χ1) is 1.73. The van der Waals surface area contributed by atoms with E-state index in [0.717, 1.165) is 0 Å². The van der Waals surface area contributed by atoms with Gasteiger partial charge < -0.3 is 0 Å². The molecular formula is CoNiP2S. The third-order valence-corrected chi connectivity index (χ3v) is 0. The third kappa shape index (κ3) is 23.4. The first-order valence-electron chi connectivity index (χ1n) is 0.412. The van der Waals surface area contributed by atoms with Gasteiger partial charge in [-0.1, -0.05) is 0 Å². The molecule has 0 spiro atoms. The molecule has 0 saturated heterocycles. The van der Waals surface area contributed by atoms with Crippen molar-refractivity contribution in [3.63, 3.8) is 0 Å². The number of rotatable bonds is 0. The summed E-state index contributed by atoms with van der Waals surface area (Å²) in [6.45, 7) is 0. The average molecular weight is 212 g/mol. The van der Waals surface area contributed by atoms with Gasteiger partial charge in [0.15, 0.2) is 0 Å². The Morgan fingerprint density at radius 2 is 1.40 bits per heavy atom. The van der Waals surface area contributed by atoms with Crippen molar-refractivity contribution < 1.29 is 26.4 Å². The van der Waals surface area contributed by atoms with Gasteiger partial charge in [0.1, 0.15) is 0 Å². The molecular weight excluding hydrogens is 212 g/mol. The van der Waals surface area contributed by atoms with Crippen molar-refractivity contribution in [3.8, 4) is 0 Å². The van der Waals surface area contributed by atoms with Gasteiger partial charge in [-0.2, -0.15) is 0 Å². The monoisotopic (exact) mass is 211 g/mol. The summed E-state index contributed by atoms with van der Waals surface area (Å²) in [7, 11) is 11.3. The molecule has 0 amide bonds. The van der Waals surface area contributed by atoms with E-state index < -0.39 is 9.59 Å². The van der Waals surface area contributed by atoms with Gasteiger partial charge in [-0.25, -0.2) is 0 Å². The Hall–Kier alpha value is 2.08. The molecule has 35 valence electrons. The van der Waals surface area contributed by atoms with Gasteiger partial charge >= 0.3 is 35.0 Å². The van der Waals surface area contributed by atoms with Crippen LogP contribution in [0.3, 0.4) is 0 Å². The zero-order chi connectivity index (χ0) is 3.58. The fraction of sp³-hybridized carbons (Fsp3) is 0. The summed E-state index contributed by atoms with van der Waals surface area (Å²) in [6.07, 6.45) is 0. The van der Waals surface area contributed by atoms with E-state index in [0.29, 0.717) is 0 Å². The van der Waals surface area contributed by atoms with Crippen molar-refractivity contribution in [2.75, 3.05) is 0 Å². The molecule has 5 heavy (non-hydrogen) atoms. The molecule has 0 fully saturated rings. The predicted molar refractivity (Wildman–Crippen MR) is 21.4 cm³/mol. The van der Waals surface area contributed by atoms with E-state index in [1.807, 2.05) is 0 Å². The molecule has 0 aromatic carbocycles. The fourth-order valence-electron chi connectivity index (χ4n) is 0. The van der Waals surface area contributed by atoms with Crippen LogP contribution in [0.15, 0.2) is 0 Å². The van der Waals surface area contributed by atoms with E-state index in [9.17, 15) is 0 Å². The summed E-state index contributed by atoms with van der Waals surface area (Å²) in [5.41, 5.74) is 0. The zero-order valence-electron chi connectivity index (χ0n) is 1.95. The molecule has 5 heteroatoms. The average Bonchev–Trinajstić information content (AvgIpc) is 0.811. The molecule has 0 aliphatic rings. The molecule has 0 bridgehead atoms. The van der Waals surface area contributed by atoms with Crippen molar-refractivity contribution in [1.82, 2.24) is 0 Å². The molecule has 0 saturated carbocycles. The molecule has 0 nitrogen and oxygen atoms in total. The van der Waals surface area contributed by atoms with Crippen LogP contribution in [0, 0.1) is 0 Å². The number of hydrogen-bond acceptors (Lipinski definition) is 1. The van der Waals surface area contributed by atoms with Crippen molar-refractivity contribution in [2.45, 2.75) is 0 Å². The van der Waals surface area contributed by atoms with Gasteiger partial charge in [-0.05, 0) is 0 Å². The molecule has 0 aromatic heterocycles. The molecule has 1 radical (unpaired) electrons. The van der Waals surface area contributed by atoms with Crippen molar-refractivity contribution in [3.05, 3.63) is 0 Å². The standard InChI is InChI=1S/Co.Ni.2P.S. The summed E-state index contributed by atoms with van der Waals surface area (Å²) in [6, 6.07) is 0. The van der Waals surface area contributed by atoms with Crippen molar-refractivity contribution in [1.29, 1.82) is 0 Å². The second-order valence-electron chi connectivity index (χ2n) is 0.179. The van der Waals surface area contributed by atoms with Crippen LogP contribution in [-0.4, -0.2) is 0 Å². The van der Waals surface area contributed by atoms with Gasteiger partial charge in [0.25, 0.3) is 0 Å². The molecule has 0 unspecified atom stereocenters. The van der Waals surface area contributed by atoms with Crippen LogP contribution >= 0.6 is 25.4 Å². The molecule has 0 aliphatic heterocycles. The van der Waals surface area contributed by atoms with Gasteiger partial charge in [-0.3, -0.25) is 0 Å². The number of hydrogen-bond donors (Lipinski definition) is 0. The van der Waals surface area contributed by atoms with Gasteiger partial charge in [0.2, 0.25) is 0 Å². The zero-order valence-corrected chi connectivity index (χ0v) is 6.59. The quantitative estimate of drug-likeness (QED) is 0.438. The van der Waals surface area contributed by atoms with E-state index in [2.05, 4.69) is 25.4 Å². The first kappa shape index (κ1) is 10.1. The Morgan fingerprint density at radius 1 is 1.40 bits per heavy atom. The molecule has 0 aliphatic carbocycles. The molecule has 0 N–H and O–H groups in total. The van der Waals surface area contributed by atoms with Crippen LogP contribution in [-0.2, 0) is 26.4 Å². The Labute approximate surface area is 51.6 Å². The minimum atomic E-state index is -0.486. The van der Waals surface area contributed by atoms with Crippen LogP contribution in [0.4, 0.5) is 0 Å². The molecule has 0 heterocycles. The van der Waals surface area contributed by atoms with Crippen LogP contribution in [0.5, 0.6) is 0 Å². The van der Waals surface area contributed by atoms with Crippen molar-refractivity contribution in [2.24, 2.45) is 0 Å². The van der Waals surface area contributed by atoms with Gasteiger partial charge in [0, 0.05) is 16.8 Å². The summed E-state index contributed by atoms with van der Waals surface area (Å²) in [5.74, 6) is 0. The minimum absolute atomic E-state index is 0. The molecule has 0 aromatic rings. The maximum absolute atomic E-state index is 4.39. The predicted octanol–water partition coefficient (Wildman–Crippen LogP) is 2.37. The topological polar surface area (TPSA) is 0 Å².